The zero-order valence-electron chi connectivity index (χ0n) is 12.1. The molecule has 0 spiro atoms. The summed E-state index contributed by atoms with van der Waals surface area (Å²) >= 11 is 1.84. The van der Waals surface area contributed by atoms with Gasteiger partial charge in [0, 0.05) is 16.7 Å². The van der Waals surface area contributed by atoms with E-state index in [1.165, 1.54) is 26.8 Å². The molecule has 0 aliphatic rings. The van der Waals surface area contributed by atoms with Crippen LogP contribution in [0, 0.1) is 6.92 Å². The van der Waals surface area contributed by atoms with Crippen LogP contribution in [0.5, 0.6) is 0 Å². The van der Waals surface area contributed by atoms with Gasteiger partial charge in [0.05, 0.1) is 0 Å². The van der Waals surface area contributed by atoms with E-state index in [9.17, 15) is 0 Å². The van der Waals surface area contributed by atoms with E-state index in [0.717, 1.165) is 0 Å². The molecule has 0 amide bonds. The zero-order chi connectivity index (χ0) is 14.7. The van der Waals surface area contributed by atoms with E-state index < -0.39 is 0 Å². The highest BCUT2D eigenvalue weighted by atomic mass is 32.2. The van der Waals surface area contributed by atoms with Gasteiger partial charge in [-0.2, -0.15) is 0 Å². The fourth-order valence-corrected chi connectivity index (χ4v) is 3.58. The SMILES string of the molecule is Cc1cccc(C(CN)Sc2ccc3ccccc3c2)c1. The molecule has 1 atom stereocenters. The van der Waals surface area contributed by atoms with Crippen molar-refractivity contribution >= 4 is 22.5 Å². The van der Waals surface area contributed by atoms with Crippen molar-refractivity contribution in [3.05, 3.63) is 77.9 Å². The number of hydrogen-bond donors (Lipinski definition) is 1. The first-order valence-corrected chi connectivity index (χ1v) is 8.06. The quantitative estimate of drug-likeness (QED) is 0.689. The van der Waals surface area contributed by atoms with Crippen LogP contribution in [-0.4, -0.2) is 6.54 Å². The lowest BCUT2D eigenvalue weighted by atomic mass is 10.1. The van der Waals surface area contributed by atoms with Crippen molar-refractivity contribution in [2.24, 2.45) is 5.73 Å². The Kier molecular flexibility index (Phi) is 4.28. The van der Waals surface area contributed by atoms with E-state index in [-0.39, 0.29) is 0 Å². The largest absolute Gasteiger partial charge is 0.329 e. The molecule has 0 aliphatic heterocycles. The molecule has 0 bridgehead atoms. The molecule has 3 aromatic carbocycles. The molecule has 2 N–H and O–H groups in total. The summed E-state index contributed by atoms with van der Waals surface area (Å²) in [6.07, 6.45) is 0. The van der Waals surface area contributed by atoms with Crippen LogP contribution >= 0.6 is 11.8 Å². The molecule has 0 aromatic heterocycles. The maximum absolute atomic E-state index is 5.99. The summed E-state index contributed by atoms with van der Waals surface area (Å²) in [5, 5.41) is 2.86. The predicted molar refractivity (Wildman–Crippen MR) is 92.8 cm³/mol. The smallest absolute Gasteiger partial charge is 0.0466 e. The Hall–Kier alpha value is -1.77. The molecule has 3 rings (SSSR count). The molecule has 0 radical (unpaired) electrons. The Morgan fingerprint density at radius 2 is 1.71 bits per heavy atom. The normalized spacial score (nSPS) is 12.5. The van der Waals surface area contributed by atoms with Crippen LogP contribution in [0.2, 0.25) is 0 Å². The lowest BCUT2D eigenvalue weighted by Crippen LogP contribution is -2.09. The summed E-state index contributed by atoms with van der Waals surface area (Å²) in [5.74, 6) is 0. The molecule has 1 nitrogen and oxygen atoms in total. The highest BCUT2D eigenvalue weighted by Gasteiger charge is 2.11. The Labute approximate surface area is 130 Å². The Balaban J connectivity index is 1.88. The van der Waals surface area contributed by atoms with Crippen LogP contribution in [0.15, 0.2) is 71.6 Å². The average molecular weight is 293 g/mol. The highest BCUT2D eigenvalue weighted by Crippen LogP contribution is 2.35. The fourth-order valence-electron chi connectivity index (χ4n) is 2.53. The number of fused-ring (bicyclic) bond motifs is 1. The van der Waals surface area contributed by atoms with Crippen molar-refractivity contribution in [2.45, 2.75) is 17.1 Å². The van der Waals surface area contributed by atoms with E-state index in [1.54, 1.807) is 0 Å². The van der Waals surface area contributed by atoms with Gasteiger partial charge < -0.3 is 5.73 Å². The molecule has 21 heavy (non-hydrogen) atoms. The summed E-state index contributed by atoms with van der Waals surface area (Å²) in [6.45, 7) is 2.76. The van der Waals surface area contributed by atoms with Gasteiger partial charge in [0.2, 0.25) is 0 Å². The first-order valence-electron chi connectivity index (χ1n) is 7.18. The molecule has 0 heterocycles. The molecule has 0 aliphatic carbocycles. The lowest BCUT2D eigenvalue weighted by molar-refractivity contribution is 0.939. The third-order valence-corrected chi connectivity index (χ3v) is 4.90. The third kappa shape index (κ3) is 3.29. The zero-order valence-corrected chi connectivity index (χ0v) is 12.9. The molecular formula is C19H19NS. The van der Waals surface area contributed by atoms with Gasteiger partial charge in [0.1, 0.15) is 0 Å². The molecule has 0 saturated heterocycles. The second-order valence-electron chi connectivity index (χ2n) is 5.27. The van der Waals surface area contributed by atoms with Gasteiger partial charge in [0.25, 0.3) is 0 Å². The van der Waals surface area contributed by atoms with Gasteiger partial charge in [-0.1, -0.05) is 60.2 Å². The minimum atomic E-state index is 0.297. The standard InChI is InChI=1S/C19H19NS/c1-14-5-4-8-17(11-14)19(13-20)21-18-10-9-15-6-2-3-7-16(15)12-18/h2-12,19H,13,20H2,1H3. The Bertz CT molecular complexity index is 751. The first-order chi connectivity index (χ1) is 10.3. The third-order valence-electron chi connectivity index (χ3n) is 3.63. The minimum Gasteiger partial charge on any atom is -0.329 e. The average Bonchev–Trinajstić information content (AvgIpc) is 2.52. The van der Waals surface area contributed by atoms with Crippen LogP contribution in [0.25, 0.3) is 10.8 Å². The minimum absolute atomic E-state index is 0.297. The molecular weight excluding hydrogens is 274 g/mol. The van der Waals surface area contributed by atoms with Crippen molar-refractivity contribution in [2.75, 3.05) is 6.54 Å². The van der Waals surface area contributed by atoms with Gasteiger partial charge in [0.15, 0.2) is 0 Å². The number of rotatable bonds is 4. The van der Waals surface area contributed by atoms with Crippen molar-refractivity contribution < 1.29 is 0 Å². The number of hydrogen-bond acceptors (Lipinski definition) is 2. The van der Waals surface area contributed by atoms with Crippen LogP contribution < -0.4 is 5.73 Å². The van der Waals surface area contributed by atoms with Gasteiger partial charge in [-0.3, -0.25) is 0 Å². The van der Waals surface area contributed by atoms with E-state index >= 15 is 0 Å². The second-order valence-corrected chi connectivity index (χ2v) is 6.54. The predicted octanol–water partition coefficient (Wildman–Crippen LogP) is 4.94. The fraction of sp³-hybridized carbons (Fsp3) is 0.158. The summed E-state index contributed by atoms with van der Waals surface area (Å²) < 4.78 is 0. The molecule has 0 fully saturated rings. The van der Waals surface area contributed by atoms with Crippen LogP contribution in [0.4, 0.5) is 0 Å². The van der Waals surface area contributed by atoms with E-state index in [2.05, 4.69) is 73.7 Å². The first kappa shape index (κ1) is 14.2. The molecule has 2 heteroatoms. The molecule has 1 unspecified atom stereocenters. The van der Waals surface area contributed by atoms with Crippen molar-refractivity contribution in [3.63, 3.8) is 0 Å². The van der Waals surface area contributed by atoms with Crippen molar-refractivity contribution in [3.8, 4) is 0 Å². The summed E-state index contributed by atoms with van der Waals surface area (Å²) in [7, 11) is 0. The number of thioether (sulfide) groups is 1. The number of benzene rings is 3. The summed E-state index contributed by atoms with van der Waals surface area (Å²) in [6, 6.07) is 23.7. The molecule has 106 valence electrons. The van der Waals surface area contributed by atoms with Crippen LogP contribution in [0.1, 0.15) is 16.4 Å². The van der Waals surface area contributed by atoms with E-state index in [1.807, 2.05) is 11.8 Å². The van der Waals surface area contributed by atoms with E-state index in [0.29, 0.717) is 11.8 Å². The monoisotopic (exact) mass is 293 g/mol. The topological polar surface area (TPSA) is 26.0 Å². The molecule has 0 saturated carbocycles. The maximum atomic E-state index is 5.99. The van der Waals surface area contributed by atoms with Gasteiger partial charge >= 0.3 is 0 Å². The summed E-state index contributed by atoms with van der Waals surface area (Å²) in [5.41, 5.74) is 8.58. The summed E-state index contributed by atoms with van der Waals surface area (Å²) in [4.78, 5) is 1.27. The highest BCUT2D eigenvalue weighted by molar-refractivity contribution is 7.99. The van der Waals surface area contributed by atoms with E-state index in [4.69, 9.17) is 5.73 Å². The number of aryl methyl sites for hydroxylation is 1. The van der Waals surface area contributed by atoms with Gasteiger partial charge in [-0.15, -0.1) is 11.8 Å². The van der Waals surface area contributed by atoms with Crippen molar-refractivity contribution in [1.82, 2.24) is 0 Å². The Morgan fingerprint density at radius 3 is 2.48 bits per heavy atom. The van der Waals surface area contributed by atoms with Gasteiger partial charge in [-0.25, -0.2) is 0 Å². The van der Waals surface area contributed by atoms with Crippen LogP contribution in [-0.2, 0) is 0 Å². The van der Waals surface area contributed by atoms with Crippen LogP contribution in [0.3, 0.4) is 0 Å². The lowest BCUT2D eigenvalue weighted by Gasteiger charge is -2.16. The van der Waals surface area contributed by atoms with Gasteiger partial charge in [-0.05, 0) is 35.4 Å². The van der Waals surface area contributed by atoms with Crippen molar-refractivity contribution in [1.29, 1.82) is 0 Å². The number of nitrogens with two attached hydrogens (primary N) is 1. The Morgan fingerprint density at radius 1 is 0.905 bits per heavy atom. The maximum Gasteiger partial charge on any atom is 0.0466 e. The molecule has 3 aromatic rings. The second kappa shape index (κ2) is 6.33.